The summed E-state index contributed by atoms with van der Waals surface area (Å²) < 4.78 is 22.4. The molecule has 9 nitrogen and oxygen atoms in total. The fraction of sp³-hybridized carbons (Fsp3) is 0.429. The van der Waals surface area contributed by atoms with Gasteiger partial charge < -0.3 is 44.5 Å². The van der Waals surface area contributed by atoms with Gasteiger partial charge in [-0.15, -0.1) is 0 Å². The molecule has 0 unspecified atom stereocenters. The van der Waals surface area contributed by atoms with Crippen LogP contribution in [0.3, 0.4) is 0 Å². The Kier molecular flexibility index (Phi) is 6.69. The van der Waals surface area contributed by atoms with Gasteiger partial charge in [0.2, 0.25) is 6.29 Å². The van der Waals surface area contributed by atoms with Gasteiger partial charge in [-0.1, -0.05) is 0 Å². The highest BCUT2D eigenvalue weighted by molar-refractivity contribution is 5.53. The Balaban J connectivity index is 1.95. The molecule has 1 fully saturated rings. The second-order valence-corrected chi connectivity index (χ2v) is 7.19. The number of benzene rings is 2. The van der Waals surface area contributed by atoms with Gasteiger partial charge >= 0.3 is 0 Å². The van der Waals surface area contributed by atoms with Crippen molar-refractivity contribution >= 4 is 0 Å². The lowest BCUT2D eigenvalue weighted by Crippen LogP contribution is -2.60. The first-order valence-corrected chi connectivity index (χ1v) is 9.37. The minimum Gasteiger partial charge on any atom is -0.508 e. The molecule has 5 N–H and O–H groups in total. The minimum absolute atomic E-state index is 0.0348. The van der Waals surface area contributed by atoms with Gasteiger partial charge in [0.05, 0.1) is 13.7 Å². The number of ether oxygens (including phenoxy) is 4. The molecular weight excluding hydrogens is 396 g/mol. The zero-order chi connectivity index (χ0) is 22.0. The van der Waals surface area contributed by atoms with E-state index < -0.39 is 37.3 Å². The fourth-order valence-corrected chi connectivity index (χ4v) is 3.24. The van der Waals surface area contributed by atoms with E-state index in [0.717, 1.165) is 5.56 Å². The number of phenols is 1. The summed E-state index contributed by atoms with van der Waals surface area (Å²) in [7, 11) is 1.48. The summed E-state index contributed by atoms with van der Waals surface area (Å²) in [5.41, 5.74) is 1.42. The molecule has 0 radical (unpaired) electrons. The van der Waals surface area contributed by atoms with Crippen LogP contribution in [0.25, 0.3) is 0 Å². The third-order valence-corrected chi connectivity index (χ3v) is 4.80. The van der Waals surface area contributed by atoms with E-state index in [1.807, 2.05) is 0 Å². The fourth-order valence-electron chi connectivity index (χ4n) is 3.24. The van der Waals surface area contributed by atoms with E-state index in [2.05, 4.69) is 0 Å². The first-order chi connectivity index (χ1) is 14.2. The summed E-state index contributed by atoms with van der Waals surface area (Å²) in [6, 6.07) is 7.97. The maximum Gasteiger partial charge on any atom is 0.229 e. The van der Waals surface area contributed by atoms with Crippen molar-refractivity contribution in [3.63, 3.8) is 0 Å². The topological polar surface area (TPSA) is 138 Å². The molecule has 30 heavy (non-hydrogen) atoms. The van der Waals surface area contributed by atoms with Gasteiger partial charge in [-0.2, -0.15) is 0 Å². The third-order valence-electron chi connectivity index (χ3n) is 4.80. The van der Waals surface area contributed by atoms with E-state index in [0.29, 0.717) is 17.1 Å². The van der Waals surface area contributed by atoms with E-state index in [-0.39, 0.29) is 17.2 Å². The van der Waals surface area contributed by atoms with Crippen molar-refractivity contribution in [2.75, 3.05) is 13.7 Å². The van der Waals surface area contributed by atoms with Crippen LogP contribution in [0.5, 0.6) is 28.7 Å². The van der Waals surface area contributed by atoms with Gasteiger partial charge in [-0.05, 0) is 43.2 Å². The summed E-state index contributed by atoms with van der Waals surface area (Å²) in [6.45, 7) is 2.99. The van der Waals surface area contributed by atoms with Crippen molar-refractivity contribution in [1.29, 1.82) is 0 Å². The van der Waals surface area contributed by atoms with Gasteiger partial charge in [0.15, 0.2) is 11.5 Å². The van der Waals surface area contributed by atoms with Crippen LogP contribution in [-0.2, 0) is 4.74 Å². The Bertz CT molecular complexity index is 863. The number of aromatic hydroxyl groups is 1. The first-order valence-electron chi connectivity index (χ1n) is 9.37. The van der Waals surface area contributed by atoms with Crippen molar-refractivity contribution in [3.8, 4) is 28.7 Å². The molecule has 1 aliphatic heterocycles. The molecule has 0 saturated carbocycles. The normalized spacial score (nSPS) is 26.3. The van der Waals surface area contributed by atoms with Gasteiger partial charge in [0.25, 0.3) is 0 Å². The second kappa shape index (κ2) is 9.07. The number of aryl methyl sites for hydroxylation is 2. The maximum atomic E-state index is 10.3. The molecule has 3 rings (SSSR count). The van der Waals surface area contributed by atoms with Gasteiger partial charge in [0, 0.05) is 12.1 Å². The molecule has 1 aliphatic rings. The summed E-state index contributed by atoms with van der Waals surface area (Å²) >= 11 is 0. The molecule has 1 heterocycles. The van der Waals surface area contributed by atoms with E-state index in [4.69, 9.17) is 18.9 Å². The Morgan fingerprint density at radius 2 is 1.67 bits per heavy atom. The molecule has 0 aliphatic carbocycles. The Morgan fingerprint density at radius 3 is 2.30 bits per heavy atom. The van der Waals surface area contributed by atoms with Crippen molar-refractivity contribution in [3.05, 3.63) is 41.5 Å². The quantitative estimate of drug-likeness (QED) is 0.461. The predicted molar refractivity (Wildman–Crippen MR) is 105 cm³/mol. The largest absolute Gasteiger partial charge is 0.508 e. The lowest BCUT2D eigenvalue weighted by atomic mass is 9.99. The van der Waals surface area contributed by atoms with E-state index in [9.17, 15) is 25.5 Å². The molecular formula is C21H26O9. The third kappa shape index (κ3) is 4.61. The lowest BCUT2D eigenvalue weighted by molar-refractivity contribution is -0.277. The molecule has 1 saturated heterocycles. The molecule has 0 spiro atoms. The van der Waals surface area contributed by atoms with Crippen molar-refractivity contribution < 1.29 is 44.5 Å². The molecule has 5 atom stereocenters. The maximum absolute atomic E-state index is 10.3. The van der Waals surface area contributed by atoms with Gasteiger partial charge in [-0.3, -0.25) is 0 Å². The number of hydrogen-bond acceptors (Lipinski definition) is 9. The van der Waals surface area contributed by atoms with Crippen LogP contribution in [0.1, 0.15) is 11.1 Å². The van der Waals surface area contributed by atoms with Crippen LogP contribution >= 0.6 is 0 Å². The standard InChI is InChI=1S/C21H26O9/c1-10-4-12(23)7-14(5-10)28-20-11(2)6-13(27-3)8-15(20)29-21-19(26)18(25)17(24)16(9-22)30-21/h4-8,16-19,21-26H,9H2,1-3H3/t16-,17-,18+,19-,21-/m1/s1. The van der Waals surface area contributed by atoms with E-state index in [1.165, 1.54) is 19.2 Å². The zero-order valence-corrected chi connectivity index (χ0v) is 16.8. The number of phenolic OH excluding ortho intramolecular Hbond substituents is 1. The lowest BCUT2D eigenvalue weighted by Gasteiger charge is -2.39. The summed E-state index contributed by atoms with van der Waals surface area (Å²) in [5, 5.41) is 49.5. The Hall–Kier alpha value is -2.56. The molecule has 2 aromatic rings. The highest BCUT2D eigenvalue weighted by atomic mass is 16.7. The van der Waals surface area contributed by atoms with Gasteiger partial charge in [-0.25, -0.2) is 0 Å². The van der Waals surface area contributed by atoms with E-state index in [1.54, 1.807) is 32.0 Å². The highest BCUT2D eigenvalue weighted by Crippen LogP contribution is 2.40. The number of aliphatic hydroxyl groups excluding tert-OH is 4. The molecule has 2 aromatic carbocycles. The summed E-state index contributed by atoms with van der Waals surface area (Å²) in [6.07, 6.45) is -7.16. The number of aliphatic hydroxyl groups is 4. The zero-order valence-electron chi connectivity index (χ0n) is 16.8. The molecule has 0 amide bonds. The second-order valence-electron chi connectivity index (χ2n) is 7.19. The van der Waals surface area contributed by atoms with Crippen LogP contribution in [-0.4, -0.2) is 70.0 Å². The van der Waals surface area contributed by atoms with Gasteiger partial charge in [0.1, 0.15) is 41.7 Å². The molecule has 0 aromatic heterocycles. The molecule has 9 heteroatoms. The predicted octanol–water partition coefficient (Wildman–Crippen LogP) is 0.989. The minimum atomic E-state index is -1.58. The van der Waals surface area contributed by atoms with Crippen LogP contribution in [0.4, 0.5) is 0 Å². The first kappa shape index (κ1) is 22.1. The monoisotopic (exact) mass is 422 g/mol. The Morgan fingerprint density at radius 1 is 0.933 bits per heavy atom. The average Bonchev–Trinajstić information content (AvgIpc) is 2.69. The molecule has 0 bridgehead atoms. The summed E-state index contributed by atoms with van der Waals surface area (Å²) in [5.74, 6) is 1.26. The van der Waals surface area contributed by atoms with Crippen molar-refractivity contribution in [1.82, 2.24) is 0 Å². The summed E-state index contributed by atoms with van der Waals surface area (Å²) in [4.78, 5) is 0. The van der Waals surface area contributed by atoms with Crippen molar-refractivity contribution in [2.24, 2.45) is 0 Å². The number of methoxy groups -OCH3 is 1. The Labute approximate surface area is 173 Å². The van der Waals surface area contributed by atoms with Crippen LogP contribution in [0.2, 0.25) is 0 Å². The SMILES string of the molecule is COc1cc(C)c(Oc2cc(C)cc(O)c2)c(O[C@@H]2O[C@H](CO)[C@@H](O)[C@H](O)[C@H]2O)c1. The smallest absolute Gasteiger partial charge is 0.229 e. The van der Waals surface area contributed by atoms with Crippen LogP contribution in [0.15, 0.2) is 30.3 Å². The van der Waals surface area contributed by atoms with Crippen LogP contribution < -0.4 is 14.2 Å². The van der Waals surface area contributed by atoms with Crippen LogP contribution in [0, 0.1) is 13.8 Å². The average molecular weight is 422 g/mol. The van der Waals surface area contributed by atoms with Crippen molar-refractivity contribution in [2.45, 2.75) is 44.6 Å². The number of hydrogen-bond donors (Lipinski definition) is 5. The van der Waals surface area contributed by atoms with E-state index >= 15 is 0 Å². The molecule has 164 valence electrons. The highest BCUT2D eigenvalue weighted by Gasteiger charge is 2.45. The number of rotatable bonds is 6.